The summed E-state index contributed by atoms with van der Waals surface area (Å²) in [6, 6.07) is 0. The van der Waals surface area contributed by atoms with Gasteiger partial charge in [-0.2, -0.15) is 0 Å². The zero-order valence-electron chi connectivity index (χ0n) is 9.16. The number of hydrogen-bond donors (Lipinski definition) is 0. The van der Waals surface area contributed by atoms with E-state index in [0.29, 0.717) is 0 Å². The van der Waals surface area contributed by atoms with E-state index in [1.165, 1.54) is 62.3 Å². The largest absolute Gasteiger partial charge is 0.501 e. The fourth-order valence-corrected chi connectivity index (χ4v) is 2.69. The maximum absolute atomic E-state index is 5.74. The second-order valence-electron chi connectivity index (χ2n) is 3.87. The molecular formula is C11H23ClMg. The lowest BCUT2D eigenvalue weighted by molar-refractivity contribution is 0.572. The summed E-state index contributed by atoms with van der Waals surface area (Å²) in [7, 11) is 5.74. The van der Waals surface area contributed by atoms with Crippen LogP contribution in [0.2, 0.25) is 4.55 Å². The molecule has 0 spiro atoms. The van der Waals surface area contributed by atoms with Crippen LogP contribution in [0.4, 0.5) is 0 Å². The van der Waals surface area contributed by atoms with Gasteiger partial charge in [-0.05, 0) is 0 Å². The first kappa shape index (κ1) is 14.1. The number of rotatable bonds is 10. The maximum Gasteiger partial charge on any atom is 0.501 e. The zero-order chi connectivity index (χ0) is 9.78. The van der Waals surface area contributed by atoms with Gasteiger partial charge in [0.15, 0.2) is 0 Å². The van der Waals surface area contributed by atoms with Crippen LogP contribution >= 0.6 is 9.07 Å². The number of hydrogen-bond acceptors (Lipinski definition) is 0. The lowest BCUT2D eigenvalue weighted by atomic mass is 10.1. The molecule has 0 aromatic rings. The average Bonchev–Trinajstić information content (AvgIpc) is 2.16. The minimum absolute atomic E-state index is 0.165. The molecule has 0 atom stereocenters. The molecule has 0 aliphatic rings. The third-order valence-corrected chi connectivity index (χ3v) is 4.06. The summed E-state index contributed by atoms with van der Waals surface area (Å²) in [4.78, 5) is 0. The van der Waals surface area contributed by atoms with Gasteiger partial charge in [0.1, 0.15) is 0 Å². The Morgan fingerprint density at radius 2 is 1.23 bits per heavy atom. The van der Waals surface area contributed by atoms with E-state index < -0.39 is 0 Å². The van der Waals surface area contributed by atoms with Crippen LogP contribution in [0.1, 0.15) is 64.7 Å². The Kier molecular flexibility index (Phi) is 14.1. The summed E-state index contributed by atoms with van der Waals surface area (Å²) in [5.41, 5.74) is 0. The molecule has 0 N–H and O–H groups in total. The average molecular weight is 215 g/mol. The molecule has 0 aliphatic carbocycles. The van der Waals surface area contributed by atoms with Crippen LogP contribution in [-0.2, 0) is 0 Å². The van der Waals surface area contributed by atoms with Gasteiger partial charge < -0.3 is 9.07 Å². The quantitative estimate of drug-likeness (QED) is 0.363. The van der Waals surface area contributed by atoms with E-state index in [4.69, 9.17) is 9.07 Å². The third-order valence-electron chi connectivity index (χ3n) is 2.49. The minimum atomic E-state index is -0.165. The predicted octanol–water partition coefficient (Wildman–Crippen LogP) is 4.79. The van der Waals surface area contributed by atoms with E-state index in [-0.39, 0.29) is 19.3 Å². The van der Waals surface area contributed by atoms with Crippen molar-refractivity contribution < 1.29 is 0 Å². The first-order valence-corrected chi connectivity index (χ1v) is 9.11. The highest BCUT2D eigenvalue weighted by atomic mass is 35.5. The highest BCUT2D eigenvalue weighted by Crippen LogP contribution is 2.10. The van der Waals surface area contributed by atoms with Crippen molar-refractivity contribution in [1.29, 1.82) is 0 Å². The van der Waals surface area contributed by atoms with E-state index in [1.807, 2.05) is 0 Å². The molecule has 0 rings (SSSR count). The molecule has 76 valence electrons. The molecule has 0 unspecified atom stereocenters. The first-order valence-electron chi connectivity index (χ1n) is 5.97. The summed E-state index contributed by atoms with van der Waals surface area (Å²) in [5, 5.41) is 0. The van der Waals surface area contributed by atoms with Crippen molar-refractivity contribution in [3.63, 3.8) is 0 Å². The van der Waals surface area contributed by atoms with Crippen molar-refractivity contribution in [2.75, 3.05) is 0 Å². The van der Waals surface area contributed by atoms with Crippen LogP contribution in [0.5, 0.6) is 0 Å². The van der Waals surface area contributed by atoms with Gasteiger partial charge in [-0.15, -0.1) is 4.55 Å². The lowest BCUT2D eigenvalue weighted by Crippen LogP contribution is -1.82. The second-order valence-corrected chi connectivity index (χ2v) is 6.09. The third kappa shape index (κ3) is 13.1. The molecule has 0 saturated heterocycles. The Bertz CT molecular complexity index is 76.2. The summed E-state index contributed by atoms with van der Waals surface area (Å²) >= 11 is -0.165. The fraction of sp³-hybridized carbons (Fsp3) is 1.00. The maximum atomic E-state index is 5.74. The molecule has 0 aromatic carbocycles. The van der Waals surface area contributed by atoms with Crippen molar-refractivity contribution in [3.8, 4) is 0 Å². The van der Waals surface area contributed by atoms with Gasteiger partial charge in [0.05, 0.1) is 0 Å². The lowest BCUT2D eigenvalue weighted by Gasteiger charge is -2.00. The van der Waals surface area contributed by atoms with E-state index in [1.54, 1.807) is 0 Å². The molecule has 0 amide bonds. The zero-order valence-corrected chi connectivity index (χ0v) is 11.3. The molecule has 0 aromatic heterocycles. The Morgan fingerprint density at radius 1 is 0.769 bits per heavy atom. The van der Waals surface area contributed by atoms with E-state index in [0.717, 1.165) is 0 Å². The van der Waals surface area contributed by atoms with Crippen LogP contribution in [0.3, 0.4) is 0 Å². The highest BCUT2D eigenvalue weighted by Gasteiger charge is 1.93. The van der Waals surface area contributed by atoms with Crippen LogP contribution < -0.4 is 0 Å². The number of halogens is 1. The van der Waals surface area contributed by atoms with E-state index >= 15 is 0 Å². The van der Waals surface area contributed by atoms with E-state index in [2.05, 4.69) is 6.92 Å². The minimum Gasteiger partial charge on any atom is -0.346 e. The Labute approximate surface area is 97.3 Å². The Balaban J connectivity index is 2.76. The first-order chi connectivity index (χ1) is 6.41. The summed E-state index contributed by atoms with van der Waals surface area (Å²) in [5.74, 6) is 0. The van der Waals surface area contributed by atoms with Gasteiger partial charge in [0, 0.05) is 0 Å². The van der Waals surface area contributed by atoms with Gasteiger partial charge in [-0.1, -0.05) is 64.7 Å². The van der Waals surface area contributed by atoms with Gasteiger partial charge >= 0.3 is 19.3 Å². The van der Waals surface area contributed by atoms with Gasteiger partial charge in [0.2, 0.25) is 0 Å². The molecule has 0 aliphatic heterocycles. The van der Waals surface area contributed by atoms with Crippen molar-refractivity contribution in [3.05, 3.63) is 0 Å². The van der Waals surface area contributed by atoms with Crippen molar-refractivity contribution in [1.82, 2.24) is 0 Å². The smallest absolute Gasteiger partial charge is 0.346 e. The Morgan fingerprint density at radius 3 is 1.69 bits per heavy atom. The standard InChI is InChI=1S/C11H23.ClH.Mg/c1-3-5-7-9-11-10-8-6-4-2;;/h1,3-11H2,2H3;1H;/q;;+1/p-1. The molecule has 0 nitrogen and oxygen atoms in total. The summed E-state index contributed by atoms with van der Waals surface area (Å²) in [6.07, 6.45) is 12.9. The van der Waals surface area contributed by atoms with Gasteiger partial charge in [-0.3, -0.25) is 0 Å². The van der Waals surface area contributed by atoms with Crippen LogP contribution in [0.15, 0.2) is 0 Å². The Hall–Kier alpha value is 1.06. The van der Waals surface area contributed by atoms with Crippen molar-refractivity contribution >= 4 is 28.3 Å². The fourth-order valence-electron chi connectivity index (χ4n) is 1.58. The molecule has 13 heavy (non-hydrogen) atoms. The predicted molar refractivity (Wildman–Crippen MR) is 63.6 cm³/mol. The van der Waals surface area contributed by atoms with Crippen LogP contribution in [-0.4, -0.2) is 19.3 Å². The van der Waals surface area contributed by atoms with Crippen LogP contribution in [0, 0.1) is 0 Å². The normalized spacial score (nSPS) is 10.0. The highest BCUT2D eigenvalue weighted by molar-refractivity contribution is 6.93. The number of unbranched alkanes of at least 4 members (excludes halogenated alkanes) is 8. The molecular weight excluding hydrogens is 192 g/mol. The molecule has 0 radical (unpaired) electrons. The molecule has 0 heterocycles. The topological polar surface area (TPSA) is 0 Å². The molecule has 0 fully saturated rings. The van der Waals surface area contributed by atoms with Gasteiger partial charge in [-0.25, -0.2) is 0 Å². The van der Waals surface area contributed by atoms with Crippen LogP contribution in [0.25, 0.3) is 0 Å². The second kappa shape index (κ2) is 13.1. The van der Waals surface area contributed by atoms with Crippen molar-refractivity contribution in [2.45, 2.75) is 69.3 Å². The summed E-state index contributed by atoms with van der Waals surface area (Å²) < 4.78 is 1.34. The molecule has 0 saturated carbocycles. The summed E-state index contributed by atoms with van der Waals surface area (Å²) in [6.45, 7) is 2.27. The SMILES string of the molecule is CCCCCCCCCC[CH2][Mg][Cl]. The van der Waals surface area contributed by atoms with Crippen molar-refractivity contribution in [2.24, 2.45) is 0 Å². The molecule has 0 bridgehead atoms. The monoisotopic (exact) mass is 214 g/mol. The van der Waals surface area contributed by atoms with E-state index in [9.17, 15) is 0 Å². The van der Waals surface area contributed by atoms with Gasteiger partial charge in [0.25, 0.3) is 0 Å². The molecule has 2 heteroatoms.